The van der Waals surface area contributed by atoms with Gasteiger partial charge in [-0.2, -0.15) is 0 Å². The summed E-state index contributed by atoms with van der Waals surface area (Å²) in [7, 11) is 0. The van der Waals surface area contributed by atoms with Gasteiger partial charge in [0, 0.05) is 0 Å². The third-order valence-electron chi connectivity index (χ3n) is 0.703. The van der Waals surface area contributed by atoms with E-state index in [0.29, 0.717) is 0 Å². The van der Waals surface area contributed by atoms with Crippen LogP contribution < -0.4 is 5.73 Å². The van der Waals surface area contributed by atoms with Crippen molar-refractivity contribution in [1.82, 2.24) is 0 Å². The molecule has 7 heteroatoms. The lowest BCUT2D eigenvalue weighted by Gasteiger charge is -2.11. The van der Waals surface area contributed by atoms with Crippen LogP contribution in [0.4, 0.5) is 0 Å². The maximum Gasteiger partial charge on any atom is 0.251 e. The van der Waals surface area contributed by atoms with Crippen LogP contribution in [0.1, 0.15) is 0 Å². The van der Waals surface area contributed by atoms with E-state index in [4.69, 9.17) is 11.3 Å². The number of rotatable bonds is 3. The van der Waals surface area contributed by atoms with E-state index in [1.165, 1.54) is 0 Å². The molecule has 0 aliphatic heterocycles. The maximum absolute atomic E-state index is 10.4. The normalized spacial score (nSPS) is 11.0. The van der Waals surface area contributed by atoms with E-state index in [1.807, 2.05) is 0 Å². The second kappa shape index (κ2) is 3.29. The average molecular weight is 275 g/mol. The number of carbonyl (C=O) groups excluding carboxylic acids is 1. The Labute approximate surface area is 73.9 Å². The predicted molar refractivity (Wildman–Crippen MR) is 41.0 cm³/mol. The first-order valence-corrected chi connectivity index (χ1v) is 3.78. The predicted octanol–water partition coefficient (Wildman–Crippen LogP) is 0.499. The lowest BCUT2D eigenvalue weighted by atomic mass is 10.4. The highest BCUT2D eigenvalue weighted by Crippen LogP contribution is 2.25. The molecule has 0 aromatic rings. The molecular formula is C3H5Br2N3O2. The van der Waals surface area contributed by atoms with E-state index in [2.05, 4.69) is 31.9 Å². The third-order valence-corrected chi connectivity index (χ3v) is 1.99. The minimum absolute atomic E-state index is 0.145. The molecule has 0 aromatic heterocycles. The number of nitrogens with one attached hydrogen (secondary N) is 1. The Morgan fingerprint density at radius 1 is 1.80 bits per heavy atom. The van der Waals surface area contributed by atoms with Gasteiger partial charge < -0.3 is 10.9 Å². The van der Waals surface area contributed by atoms with E-state index in [1.54, 1.807) is 0 Å². The Morgan fingerprint density at radius 2 is 2.20 bits per heavy atom. The van der Waals surface area contributed by atoms with Gasteiger partial charge in [0.05, 0.1) is 0 Å². The van der Waals surface area contributed by atoms with E-state index in [0.717, 1.165) is 0 Å². The molecule has 1 amide bonds. The van der Waals surface area contributed by atoms with Crippen molar-refractivity contribution in [2.24, 2.45) is 5.73 Å². The van der Waals surface area contributed by atoms with Crippen molar-refractivity contribution in [2.45, 2.75) is 3.23 Å². The summed E-state index contributed by atoms with van der Waals surface area (Å²) in [5.41, 5.74) is 11.3. The van der Waals surface area contributed by atoms with E-state index >= 15 is 0 Å². The lowest BCUT2D eigenvalue weighted by Crippen LogP contribution is -2.38. The molecule has 0 saturated heterocycles. The molecule has 0 rings (SSSR count). The molecule has 0 aromatic carbocycles. The van der Waals surface area contributed by atoms with E-state index in [-0.39, 0.29) is 11.4 Å². The van der Waals surface area contributed by atoms with Gasteiger partial charge in [-0.1, -0.05) is 36.7 Å². The molecule has 0 atom stereocenters. The highest BCUT2D eigenvalue weighted by Gasteiger charge is 2.34. The molecule has 5 nitrogen and oxygen atoms in total. The number of hydroxylamine groups is 1. The Hall–Kier alpha value is -0.170. The van der Waals surface area contributed by atoms with Gasteiger partial charge >= 0.3 is 0 Å². The highest BCUT2D eigenvalue weighted by molar-refractivity contribution is 9.26. The standard InChI is InChI=1S/C3H5Br2N3O2/c4-3(5,2(6)9)1-8(7)10/h7H,1H2,(H2,6,9). The summed E-state index contributed by atoms with van der Waals surface area (Å²) in [5, 5.41) is 10.1. The molecule has 58 valence electrons. The molecule has 10 heavy (non-hydrogen) atoms. The second-order valence-corrected chi connectivity index (χ2v) is 5.38. The molecule has 0 bridgehead atoms. The number of alkyl halides is 2. The van der Waals surface area contributed by atoms with Crippen molar-refractivity contribution in [3.63, 3.8) is 0 Å². The van der Waals surface area contributed by atoms with Crippen LogP contribution in [0.5, 0.6) is 0 Å². The SMILES string of the molecule is N=[N+]([O-])CC(Br)(Br)C(N)=O. The number of amides is 1. The minimum Gasteiger partial charge on any atom is -0.600 e. The quantitative estimate of drug-likeness (QED) is 0.339. The summed E-state index contributed by atoms with van der Waals surface area (Å²) in [6.07, 6.45) is 0. The maximum atomic E-state index is 10.4. The molecule has 0 aliphatic carbocycles. The number of carbonyl (C=O) groups is 1. The summed E-state index contributed by atoms with van der Waals surface area (Å²) in [6.45, 7) is -0.359. The number of halogens is 2. The highest BCUT2D eigenvalue weighted by atomic mass is 79.9. The van der Waals surface area contributed by atoms with Crippen molar-refractivity contribution in [3.05, 3.63) is 5.21 Å². The van der Waals surface area contributed by atoms with E-state index < -0.39 is 9.14 Å². The van der Waals surface area contributed by atoms with Crippen molar-refractivity contribution in [3.8, 4) is 0 Å². The van der Waals surface area contributed by atoms with Gasteiger partial charge in [-0.25, -0.2) is 0 Å². The van der Waals surface area contributed by atoms with Crippen LogP contribution in [0, 0.1) is 10.7 Å². The van der Waals surface area contributed by atoms with Crippen LogP contribution in [-0.4, -0.2) is 20.5 Å². The second-order valence-electron chi connectivity index (χ2n) is 1.61. The monoisotopic (exact) mass is 273 g/mol. The third kappa shape index (κ3) is 3.11. The van der Waals surface area contributed by atoms with Gasteiger partial charge in [-0.15, -0.1) is 0 Å². The first-order valence-electron chi connectivity index (χ1n) is 2.20. The van der Waals surface area contributed by atoms with Crippen LogP contribution in [-0.2, 0) is 4.79 Å². The van der Waals surface area contributed by atoms with E-state index in [9.17, 15) is 10.0 Å². The Morgan fingerprint density at radius 3 is 2.30 bits per heavy atom. The first-order chi connectivity index (χ1) is 4.36. The van der Waals surface area contributed by atoms with Crippen molar-refractivity contribution < 1.29 is 9.66 Å². The molecule has 0 radical (unpaired) electrons. The van der Waals surface area contributed by atoms with Gasteiger partial charge in [0.1, 0.15) is 0 Å². The molecule has 0 fully saturated rings. The van der Waals surface area contributed by atoms with Crippen molar-refractivity contribution in [2.75, 3.05) is 6.54 Å². The average Bonchev–Trinajstić information content (AvgIpc) is 1.60. The van der Waals surface area contributed by atoms with Gasteiger partial charge in [-0.3, -0.25) is 4.79 Å². The van der Waals surface area contributed by atoms with Crippen molar-refractivity contribution in [1.29, 1.82) is 5.53 Å². The largest absolute Gasteiger partial charge is 0.600 e. The zero-order chi connectivity index (χ0) is 8.36. The topological polar surface area (TPSA) is 93.0 Å². The fourth-order valence-electron chi connectivity index (χ4n) is 0.258. The summed E-state index contributed by atoms with van der Waals surface area (Å²) in [6, 6.07) is 0. The van der Waals surface area contributed by atoms with Crippen LogP contribution in [0.25, 0.3) is 0 Å². The van der Waals surface area contributed by atoms with Crippen molar-refractivity contribution >= 4 is 37.8 Å². The number of hydrogen-bond acceptors (Lipinski definition) is 3. The van der Waals surface area contributed by atoms with Crippen LogP contribution in [0.2, 0.25) is 0 Å². The molecule has 0 heterocycles. The van der Waals surface area contributed by atoms with Gasteiger partial charge in [-0.05, 0) is 5.53 Å². The zero-order valence-electron chi connectivity index (χ0n) is 4.80. The summed E-state index contributed by atoms with van der Waals surface area (Å²) in [5.74, 6) is -0.736. The molecule has 0 saturated carbocycles. The molecule has 0 spiro atoms. The number of nitrogens with zero attached hydrogens (tertiary/aromatic N) is 1. The Balaban J connectivity index is 4.13. The fourth-order valence-corrected chi connectivity index (χ4v) is 0.714. The number of primary amides is 1. The van der Waals surface area contributed by atoms with Crippen LogP contribution >= 0.6 is 31.9 Å². The fraction of sp³-hybridized carbons (Fsp3) is 0.667. The number of nitrogens with two attached hydrogens (primary N) is 1. The summed E-state index contributed by atoms with van der Waals surface area (Å²) < 4.78 is -1.29. The zero-order valence-corrected chi connectivity index (χ0v) is 7.98. The molecular weight excluding hydrogens is 270 g/mol. The smallest absolute Gasteiger partial charge is 0.251 e. The Kier molecular flexibility index (Phi) is 3.23. The first kappa shape index (κ1) is 9.83. The molecule has 3 N–H and O–H groups in total. The van der Waals surface area contributed by atoms with Crippen LogP contribution in [0.3, 0.4) is 0 Å². The lowest BCUT2D eigenvalue weighted by molar-refractivity contribution is -0.550. The molecule has 0 aliphatic rings. The summed E-state index contributed by atoms with van der Waals surface area (Å²) in [4.78, 5) is 10.3. The van der Waals surface area contributed by atoms with Gasteiger partial charge in [0.25, 0.3) is 5.91 Å². The van der Waals surface area contributed by atoms with Gasteiger partial charge in [0.15, 0.2) is 0 Å². The van der Waals surface area contributed by atoms with Crippen LogP contribution in [0.15, 0.2) is 0 Å². The summed E-state index contributed by atoms with van der Waals surface area (Å²) >= 11 is 5.65. The molecule has 0 unspecified atom stereocenters. The van der Waals surface area contributed by atoms with Gasteiger partial charge in [0.2, 0.25) is 9.78 Å². The Bertz CT molecular complexity index is 169. The minimum atomic E-state index is -1.29. The number of hydrogen-bond donors (Lipinski definition) is 2.